The second kappa shape index (κ2) is 9.89. The van der Waals surface area contributed by atoms with Crippen LogP contribution in [0.15, 0.2) is 66.7 Å². The predicted octanol–water partition coefficient (Wildman–Crippen LogP) is 6.41. The van der Waals surface area contributed by atoms with Crippen LogP contribution in [0.2, 0.25) is 0 Å². The number of hydrogen-bond acceptors (Lipinski definition) is 4. The summed E-state index contributed by atoms with van der Waals surface area (Å²) in [5, 5.41) is 3.38. The first-order valence-electron chi connectivity index (χ1n) is 11.1. The number of fused-ring (bicyclic) bond motifs is 1. The normalized spacial score (nSPS) is 18.9. The van der Waals surface area contributed by atoms with E-state index in [0.717, 1.165) is 28.1 Å². The first-order chi connectivity index (χ1) is 15.9. The van der Waals surface area contributed by atoms with Gasteiger partial charge in [-0.3, -0.25) is 0 Å². The number of hydrogen-bond donors (Lipinski definition) is 1. The van der Waals surface area contributed by atoms with E-state index in [-0.39, 0.29) is 24.3 Å². The summed E-state index contributed by atoms with van der Waals surface area (Å²) < 4.78 is 45.5. The fourth-order valence-electron chi connectivity index (χ4n) is 4.11. The summed E-state index contributed by atoms with van der Waals surface area (Å²) in [5.41, 5.74) is 2.87. The van der Waals surface area contributed by atoms with Gasteiger partial charge in [0.25, 0.3) is 0 Å². The Morgan fingerprint density at radius 2 is 1.70 bits per heavy atom. The maximum absolute atomic E-state index is 13.6. The van der Waals surface area contributed by atoms with Gasteiger partial charge in [-0.2, -0.15) is 0 Å². The van der Waals surface area contributed by atoms with Crippen LogP contribution in [0.4, 0.5) is 14.5 Å². The van der Waals surface area contributed by atoms with Gasteiger partial charge in [-0.1, -0.05) is 24.3 Å². The SMILES string of the molecule is CCOC1c2cc(NCc3ccc(F)cc3)ccc2OC(C)(C)C1OCc1cccc(F)c1. The van der Waals surface area contributed by atoms with Gasteiger partial charge in [-0.15, -0.1) is 0 Å². The van der Waals surface area contributed by atoms with Crippen molar-refractivity contribution in [1.29, 1.82) is 0 Å². The Bertz CT molecular complexity index is 1080. The topological polar surface area (TPSA) is 39.7 Å². The van der Waals surface area contributed by atoms with Gasteiger partial charge in [-0.25, -0.2) is 8.78 Å². The molecule has 6 heteroatoms. The number of anilines is 1. The maximum atomic E-state index is 13.6. The number of rotatable bonds is 8. The van der Waals surface area contributed by atoms with Gasteiger partial charge >= 0.3 is 0 Å². The van der Waals surface area contributed by atoms with E-state index in [0.29, 0.717) is 13.2 Å². The third-order valence-corrected chi connectivity index (χ3v) is 5.72. The molecule has 0 saturated carbocycles. The molecular formula is C27H29F2NO3. The molecule has 1 heterocycles. The summed E-state index contributed by atoms with van der Waals surface area (Å²) in [6, 6.07) is 18.7. The number of halogens is 2. The van der Waals surface area contributed by atoms with E-state index in [1.807, 2.05) is 45.0 Å². The Balaban J connectivity index is 1.55. The minimum atomic E-state index is -0.650. The summed E-state index contributed by atoms with van der Waals surface area (Å²) in [6.45, 7) is 7.20. The molecule has 1 N–H and O–H groups in total. The first kappa shape index (κ1) is 23.2. The van der Waals surface area contributed by atoms with Gasteiger partial charge in [-0.05, 0) is 74.4 Å². The van der Waals surface area contributed by atoms with Gasteiger partial charge in [0.2, 0.25) is 0 Å². The Morgan fingerprint density at radius 3 is 2.42 bits per heavy atom. The van der Waals surface area contributed by atoms with E-state index in [1.54, 1.807) is 18.2 Å². The minimum Gasteiger partial charge on any atom is -0.485 e. The molecule has 4 nitrogen and oxygen atoms in total. The zero-order valence-corrected chi connectivity index (χ0v) is 19.1. The molecule has 0 aromatic heterocycles. The molecule has 0 fully saturated rings. The van der Waals surface area contributed by atoms with Crippen molar-refractivity contribution in [3.8, 4) is 5.75 Å². The molecule has 0 spiro atoms. The minimum absolute atomic E-state index is 0.247. The summed E-state index contributed by atoms with van der Waals surface area (Å²) in [4.78, 5) is 0. The van der Waals surface area contributed by atoms with Gasteiger partial charge in [0, 0.05) is 24.4 Å². The standard InChI is InChI=1S/C27H29F2NO3/c1-4-31-25-23-15-22(30-16-18-8-10-20(28)11-9-18)12-13-24(23)33-27(2,3)26(25)32-17-19-6-5-7-21(29)14-19/h5-15,25-26,30H,4,16-17H2,1-3H3. The highest BCUT2D eigenvalue weighted by Gasteiger charge is 2.45. The zero-order chi connectivity index (χ0) is 23.4. The lowest BCUT2D eigenvalue weighted by Crippen LogP contribution is -2.51. The molecule has 3 aromatic rings. The molecule has 4 rings (SSSR count). The quantitative estimate of drug-likeness (QED) is 0.428. The van der Waals surface area contributed by atoms with Crippen molar-refractivity contribution in [2.75, 3.05) is 11.9 Å². The molecule has 33 heavy (non-hydrogen) atoms. The molecule has 0 saturated heterocycles. The predicted molar refractivity (Wildman–Crippen MR) is 124 cm³/mol. The summed E-state index contributed by atoms with van der Waals surface area (Å²) >= 11 is 0. The van der Waals surface area contributed by atoms with Crippen LogP contribution in [0, 0.1) is 11.6 Å². The van der Waals surface area contributed by atoms with Crippen LogP contribution >= 0.6 is 0 Å². The molecule has 0 amide bonds. The zero-order valence-electron chi connectivity index (χ0n) is 19.1. The molecular weight excluding hydrogens is 424 g/mol. The number of benzene rings is 3. The Hall–Kier alpha value is -2.96. The average Bonchev–Trinajstić information content (AvgIpc) is 2.78. The van der Waals surface area contributed by atoms with Crippen LogP contribution < -0.4 is 10.1 Å². The van der Waals surface area contributed by atoms with Crippen molar-refractivity contribution in [1.82, 2.24) is 0 Å². The van der Waals surface area contributed by atoms with Crippen LogP contribution in [0.25, 0.3) is 0 Å². The van der Waals surface area contributed by atoms with Crippen LogP contribution in [0.1, 0.15) is 43.6 Å². The van der Waals surface area contributed by atoms with Crippen molar-refractivity contribution >= 4 is 5.69 Å². The fourth-order valence-corrected chi connectivity index (χ4v) is 4.11. The van der Waals surface area contributed by atoms with Crippen LogP contribution in [0.5, 0.6) is 5.75 Å². The van der Waals surface area contributed by atoms with Gasteiger partial charge in [0.1, 0.15) is 35.2 Å². The van der Waals surface area contributed by atoms with E-state index in [9.17, 15) is 8.78 Å². The molecule has 0 radical (unpaired) electrons. The molecule has 1 aliphatic rings. The Kier molecular flexibility index (Phi) is 6.96. The van der Waals surface area contributed by atoms with Crippen LogP contribution in [-0.4, -0.2) is 18.3 Å². The van der Waals surface area contributed by atoms with E-state index < -0.39 is 11.7 Å². The van der Waals surface area contributed by atoms with Crippen molar-refractivity contribution in [3.63, 3.8) is 0 Å². The van der Waals surface area contributed by atoms with E-state index in [1.165, 1.54) is 24.3 Å². The third-order valence-electron chi connectivity index (χ3n) is 5.72. The number of nitrogens with one attached hydrogen (secondary N) is 1. The van der Waals surface area contributed by atoms with E-state index >= 15 is 0 Å². The highest BCUT2D eigenvalue weighted by molar-refractivity contribution is 5.54. The van der Waals surface area contributed by atoms with Gasteiger partial charge < -0.3 is 19.5 Å². The average molecular weight is 454 g/mol. The van der Waals surface area contributed by atoms with E-state index in [4.69, 9.17) is 14.2 Å². The molecule has 1 aliphatic heterocycles. The lowest BCUT2D eigenvalue weighted by atomic mass is 9.87. The molecule has 0 bridgehead atoms. The van der Waals surface area contributed by atoms with Gasteiger partial charge in [0.15, 0.2) is 0 Å². The third kappa shape index (κ3) is 5.52. The van der Waals surface area contributed by atoms with E-state index in [2.05, 4.69) is 5.32 Å². The van der Waals surface area contributed by atoms with Crippen molar-refractivity contribution in [3.05, 3.63) is 95.1 Å². The van der Waals surface area contributed by atoms with Crippen LogP contribution in [-0.2, 0) is 22.6 Å². The first-order valence-corrected chi connectivity index (χ1v) is 11.1. The fraction of sp³-hybridized carbons (Fsp3) is 0.333. The van der Waals surface area contributed by atoms with Crippen molar-refractivity contribution in [2.24, 2.45) is 0 Å². The summed E-state index contributed by atoms with van der Waals surface area (Å²) in [7, 11) is 0. The molecule has 174 valence electrons. The lowest BCUT2D eigenvalue weighted by Gasteiger charge is -2.44. The summed E-state index contributed by atoms with van der Waals surface area (Å²) in [5.74, 6) is 0.200. The maximum Gasteiger partial charge on any atom is 0.132 e. The highest BCUT2D eigenvalue weighted by Crippen LogP contribution is 2.44. The highest BCUT2D eigenvalue weighted by atomic mass is 19.1. The van der Waals surface area contributed by atoms with Crippen molar-refractivity contribution < 1.29 is 23.0 Å². The number of ether oxygens (including phenoxy) is 3. The van der Waals surface area contributed by atoms with Gasteiger partial charge in [0.05, 0.1) is 6.61 Å². The monoisotopic (exact) mass is 453 g/mol. The second-order valence-electron chi connectivity index (χ2n) is 8.68. The van der Waals surface area contributed by atoms with Crippen molar-refractivity contribution in [2.45, 2.75) is 51.7 Å². The molecule has 3 aromatic carbocycles. The lowest BCUT2D eigenvalue weighted by molar-refractivity contribution is -0.165. The second-order valence-corrected chi connectivity index (χ2v) is 8.68. The molecule has 0 aliphatic carbocycles. The smallest absolute Gasteiger partial charge is 0.132 e. The summed E-state index contributed by atoms with van der Waals surface area (Å²) in [6.07, 6.45) is -0.754. The Labute approximate surface area is 193 Å². The van der Waals surface area contributed by atoms with Crippen LogP contribution in [0.3, 0.4) is 0 Å². The molecule has 2 atom stereocenters. The largest absolute Gasteiger partial charge is 0.485 e. The molecule has 2 unspecified atom stereocenters. The Morgan fingerprint density at radius 1 is 0.909 bits per heavy atom.